The summed E-state index contributed by atoms with van der Waals surface area (Å²) < 4.78 is 51.0. The topological polar surface area (TPSA) is 194 Å². The zero-order chi connectivity index (χ0) is 48.7. The number of fused-ring (bicyclic) bond motifs is 1. The van der Waals surface area contributed by atoms with E-state index in [0.29, 0.717) is 61.6 Å². The van der Waals surface area contributed by atoms with Gasteiger partial charge in [0.25, 0.3) is 15.9 Å². The number of hydrogen-bond donors (Lipinski definition) is 5. The molecule has 2 aliphatic heterocycles. The maximum atomic E-state index is 14.7. The smallest absolute Gasteiger partial charge is 0.268 e. The van der Waals surface area contributed by atoms with Crippen LogP contribution in [-0.4, -0.2) is 110 Å². The van der Waals surface area contributed by atoms with Crippen molar-refractivity contribution in [3.63, 3.8) is 0 Å². The van der Waals surface area contributed by atoms with Crippen molar-refractivity contribution in [2.45, 2.75) is 107 Å². The summed E-state index contributed by atoms with van der Waals surface area (Å²) in [6.45, 7) is 13.1. The van der Waals surface area contributed by atoms with Crippen LogP contribution in [-0.2, 0) is 16.4 Å². The van der Waals surface area contributed by atoms with Crippen LogP contribution >= 0.6 is 0 Å². The Morgan fingerprint density at radius 1 is 1.03 bits per heavy atom. The molecule has 0 radical (unpaired) electrons. The van der Waals surface area contributed by atoms with Crippen molar-refractivity contribution in [1.82, 2.24) is 24.5 Å². The van der Waals surface area contributed by atoms with Gasteiger partial charge in [0.05, 0.1) is 36.3 Å². The van der Waals surface area contributed by atoms with Crippen molar-refractivity contribution in [2.24, 2.45) is 17.1 Å². The van der Waals surface area contributed by atoms with Gasteiger partial charge in [-0.1, -0.05) is 38.1 Å². The van der Waals surface area contributed by atoms with Crippen LogP contribution in [0.15, 0.2) is 78.0 Å². The summed E-state index contributed by atoms with van der Waals surface area (Å²) in [6.07, 6.45) is 11.7. The number of nitrogens with two attached hydrogens (primary N) is 1. The van der Waals surface area contributed by atoms with E-state index in [1.807, 2.05) is 6.92 Å². The molecule has 2 aromatic carbocycles. The summed E-state index contributed by atoms with van der Waals surface area (Å²) >= 11 is 0. The van der Waals surface area contributed by atoms with Crippen molar-refractivity contribution in [2.75, 3.05) is 69.6 Å². The van der Waals surface area contributed by atoms with Gasteiger partial charge in [0, 0.05) is 94.2 Å². The summed E-state index contributed by atoms with van der Waals surface area (Å²) in [5.41, 5.74) is 10.1. The standard InChI is InChI=1S/C52H68FN9O6S/c1-34(2)40-7-5-6-8-41(40)47-33-60(22-19-54)23-24-62(47)37-28-52(29-37)17-20-61(21-18-52)36-9-10-42(48(25-36)68-38-26-43-44(53)11-12-45(43)55-31-38)50(63)58-69(66,67)39-27-46(59(4)65)49(57-32-39)56-30-35-13-15-51(3,64)16-14-35/h5-11,25-27,31-32,34-35,37,47,59,64H,12-24,28-30,33,54H2,1-4H3,(H,56,57)(H,58,63)/t35-,47-,51-/m0/s1. The van der Waals surface area contributed by atoms with Gasteiger partial charge >= 0.3 is 0 Å². The number of hydrogen-bond acceptors (Lipinski definition) is 13. The highest BCUT2D eigenvalue weighted by Gasteiger charge is 2.50. The Morgan fingerprint density at radius 2 is 1.78 bits per heavy atom. The summed E-state index contributed by atoms with van der Waals surface area (Å²) in [5.74, 6) is -0.139. The Hall–Kier alpha value is -5.01. The number of piperidine rings is 1. The average molecular weight is 966 g/mol. The van der Waals surface area contributed by atoms with E-state index in [-0.39, 0.29) is 44.8 Å². The highest BCUT2D eigenvalue weighted by molar-refractivity contribution is 7.90. The fraction of sp³-hybridized carbons (Fsp3) is 0.519. The maximum absolute atomic E-state index is 14.7. The number of amides is 1. The third kappa shape index (κ3) is 10.7. The van der Waals surface area contributed by atoms with Crippen LogP contribution in [0.25, 0.3) is 5.83 Å². The minimum Gasteiger partial charge on any atom is -0.629 e. The normalized spacial score (nSPS) is 23.6. The van der Waals surface area contributed by atoms with Crippen LogP contribution in [0.5, 0.6) is 11.5 Å². The summed E-state index contributed by atoms with van der Waals surface area (Å²) in [4.78, 5) is 30.0. The molecule has 69 heavy (non-hydrogen) atoms. The molecule has 1 unspecified atom stereocenters. The van der Waals surface area contributed by atoms with Crippen molar-refractivity contribution in [3.05, 3.63) is 106 Å². The largest absolute Gasteiger partial charge is 0.629 e. The quantitative estimate of drug-likeness (QED) is 0.0819. The number of halogens is 1. The van der Waals surface area contributed by atoms with Crippen molar-refractivity contribution in [3.8, 4) is 11.5 Å². The van der Waals surface area contributed by atoms with E-state index in [2.05, 4.69) is 72.8 Å². The SMILES string of the molecule is CC(C)c1ccccc1[C@@H]1CN(CCN)CCN1C1CC2(CCN(c3ccc(C(=O)NS(=O)(=O)c4cnc(NC[C@H]5CC[C@](C)(O)CC5)c([NH+](C)[O-])c4)c(Oc4cnc5c(c4)C(F)=CC5)c3)CC2)C1. The second-order valence-electron chi connectivity index (χ2n) is 20.8. The molecule has 4 aromatic rings. The summed E-state index contributed by atoms with van der Waals surface area (Å²) in [6, 6.07) is 17.6. The van der Waals surface area contributed by atoms with Gasteiger partial charge in [0.2, 0.25) is 0 Å². The van der Waals surface area contributed by atoms with Gasteiger partial charge in [-0.25, -0.2) is 22.5 Å². The van der Waals surface area contributed by atoms with Crippen molar-refractivity contribution >= 4 is 38.9 Å². The molecule has 4 heterocycles. The van der Waals surface area contributed by atoms with E-state index < -0.39 is 32.4 Å². The number of carbonyl (C=O) groups is 1. The Labute approximate surface area is 405 Å². The van der Waals surface area contributed by atoms with Crippen LogP contribution in [0.4, 0.5) is 21.6 Å². The molecule has 2 saturated heterocycles. The Morgan fingerprint density at radius 3 is 2.51 bits per heavy atom. The van der Waals surface area contributed by atoms with Gasteiger partial charge in [0.1, 0.15) is 22.2 Å². The van der Waals surface area contributed by atoms with E-state index in [0.717, 1.165) is 89.7 Å². The van der Waals surface area contributed by atoms with E-state index in [1.165, 1.54) is 42.6 Å². The molecular formula is C52H68FN9O6S. The third-order valence-electron chi connectivity index (χ3n) is 15.6. The fourth-order valence-electron chi connectivity index (χ4n) is 11.4. The number of hydroxylamine groups is 1. The van der Waals surface area contributed by atoms with Gasteiger partial charge in [0.15, 0.2) is 11.5 Å². The molecule has 2 atom stereocenters. The number of nitrogens with one attached hydrogen (secondary N) is 3. The lowest BCUT2D eigenvalue weighted by Gasteiger charge is -2.58. The number of rotatable bonds is 15. The lowest BCUT2D eigenvalue weighted by Crippen LogP contribution is -2.98. The second kappa shape index (κ2) is 20.0. The maximum Gasteiger partial charge on any atom is 0.268 e. The number of allylic oxidation sites excluding steroid dienone is 1. The first kappa shape index (κ1) is 49.0. The number of carbonyl (C=O) groups excluding carboxylic acids is 1. The Bertz CT molecular complexity index is 2650. The van der Waals surface area contributed by atoms with Gasteiger partial charge < -0.3 is 36.1 Å². The summed E-state index contributed by atoms with van der Waals surface area (Å²) in [7, 11) is -3.20. The molecule has 17 heteroatoms. The molecular weight excluding hydrogens is 898 g/mol. The number of nitrogens with zero attached hydrogens (tertiary/aromatic N) is 5. The van der Waals surface area contributed by atoms with Crippen LogP contribution in [0.1, 0.15) is 117 Å². The molecule has 4 fully saturated rings. The van der Waals surface area contributed by atoms with E-state index in [4.69, 9.17) is 10.5 Å². The first-order valence-corrected chi connectivity index (χ1v) is 26.2. The predicted octanol–water partition coefficient (Wildman–Crippen LogP) is 6.44. The molecule has 9 rings (SSSR count). The molecule has 2 saturated carbocycles. The number of aliphatic hydroxyl groups is 1. The highest BCUT2D eigenvalue weighted by Crippen LogP contribution is 2.53. The number of piperazine rings is 1. The third-order valence-corrected chi connectivity index (χ3v) is 16.9. The Balaban J connectivity index is 0.903. The molecule has 0 bridgehead atoms. The zero-order valence-corrected chi connectivity index (χ0v) is 41.2. The van der Waals surface area contributed by atoms with E-state index >= 15 is 0 Å². The lowest BCUT2D eigenvalue weighted by atomic mass is 9.59. The average Bonchev–Trinajstić information content (AvgIpc) is 3.69. The molecule has 1 amide bonds. The Kier molecular flexibility index (Phi) is 14.2. The zero-order valence-electron chi connectivity index (χ0n) is 40.3. The molecule has 6 N–H and O–H groups in total. The lowest BCUT2D eigenvalue weighted by molar-refractivity contribution is -0.751. The molecule has 1 spiro atoms. The van der Waals surface area contributed by atoms with Crippen LogP contribution in [0.3, 0.4) is 0 Å². The first-order valence-electron chi connectivity index (χ1n) is 24.7. The van der Waals surface area contributed by atoms with Crippen LogP contribution in [0, 0.1) is 16.5 Å². The van der Waals surface area contributed by atoms with E-state index in [1.54, 1.807) is 18.2 Å². The van der Waals surface area contributed by atoms with Crippen LogP contribution in [0.2, 0.25) is 0 Å². The van der Waals surface area contributed by atoms with Gasteiger partial charge in [-0.3, -0.25) is 19.6 Å². The molecule has 3 aliphatic carbocycles. The number of aromatic nitrogens is 2. The van der Waals surface area contributed by atoms with Gasteiger partial charge in [-0.15, -0.1) is 0 Å². The van der Waals surface area contributed by atoms with Crippen molar-refractivity contribution in [1.29, 1.82) is 0 Å². The minimum atomic E-state index is -4.53. The first-order chi connectivity index (χ1) is 33.0. The monoisotopic (exact) mass is 965 g/mol. The molecule has 2 aromatic heterocycles. The van der Waals surface area contributed by atoms with Crippen molar-refractivity contribution < 1.29 is 32.5 Å². The minimum absolute atomic E-state index is 0.0567. The predicted molar refractivity (Wildman–Crippen MR) is 266 cm³/mol. The van der Waals surface area contributed by atoms with Gasteiger partial charge in [-0.2, -0.15) is 0 Å². The van der Waals surface area contributed by atoms with Gasteiger partial charge in [-0.05, 0) is 111 Å². The second-order valence-corrected chi connectivity index (χ2v) is 22.4. The molecule has 15 nitrogen and oxygen atoms in total. The number of ether oxygens (including phenoxy) is 1. The van der Waals surface area contributed by atoms with E-state index in [9.17, 15) is 27.9 Å². The fourth-order valence-corrected chi connectivity index (χ4v) is 12.3. The summed E-state index contributed by atoms with van der Waals surface area (Å²) in [5, 5.41) is 26.0. The van der Waals surface area contributed by atoms with Crippen LogP contribution < -0.4 is 30.5 Å². The molecule has 5 aliphatic rings. The number of quaternary nitrogens is 1. The number of pyridine rings is 2. The highest BCUT2D eigenvalue weighted by atomic mass is 32.2. The number of benzene rings is 2. The number of anilines is 2. The number of sulfonamides is 1. The molecule has 370 valence electrons.